The maximum absolute atomic E-state index is 2.75. The van der Waals surface area contributed by atoms with Crippen molar-refractivity contribution in [3.05, 3.63) is 304 Å². The Kier molecular flexibility index (Phi) is 11.1. The van der Waals surface area contributed by atoms with Crippen LogP contribution >= 0.6 is 0 Å². The van der Waals surface area contributed by atoms with Crippen LogP contribution in [-0.2, 0) is 5.41 Å². The zero-order valence-electron chi connectivity index (χ0n) is 40.6. The minimum absolute atomic E-state index is 0.178. The van der Waals surface area contributed by atoms with E-state index in [0.29, 0.717) is 0 Å². The van der Waals surface area contributed by atoms with Crippen LogP contribution in [0.15, 0.2) is 282 Å². The second-order valence-electron chi connectivity index (χ2n) is 20.6. The quantitative estimate of drug-likeness (QED) is 0.130. The summed E-state index contributed by atoms with van der Waals surface area (Å²) < 4.78 is 0. The molecule has 13 rings (SSSR count). The molecule has 71 heavy (non-hydrogen) atoms. The number of benzene rings is 7. The van der Waals surface area contributed by atoms with Crippen LogP contribution in [-0.4, -0.2) is 6.71 Å². The van der Waals surface area contributed by atoms with E-state index in [4.69, 9.17) is 0 Å². The largest absolute Gasteiger partial charge is 0.315 e. The summed E-state index contributed by atoms with van der Waals surface area (Å²) in [4.78, 5) is 2.75. The Morgan fingerprint density at radius 2 is 1.14 bits per heavy atom. The predicted octanol–water partition coefficient (Wildman–Crippen LogP) is 16.7. The van der Waals surface area contributed by atoms with Crippen LogP contribution in [0, 0.1) is 5.92 Å². The standard InChI is InChI=1S/C69H58BN/c1-69(57-33-16-6-17-34-57,58-35-18-7-19-36-58)59-46-62-67(56-32-20-30-52(42-56)48-22-8-2-9-23-48)61-44-54(50-26-12-4-13-27-50)38-40-63(61)70-64-41-39-55(51-28-14-5-15-29-51)45-65(64)71(66(47-59)68(62)70)60-37-21-31-53(43-60)49-24-10-3-11-25-49/h2-4,6-14,16-19,21-31,33-40,42-45,47,62,64,67H,5,15,20,32,41,46H2,1H3. The highest BCUT2D eigenvalue weighted by molar-refractivity contribution is 6.83. The van der Waals surface area contributed by atoms with Gasteiger partial charge in [-0.05, 0) is 143 Å². The Morgan fingerprint density at radius 3 is 1.80 bits per heavy atom. The minimum atomic E-state index is -0.401. The predicted molar refractivity (Wildman–Crippen MR) is 300 cm³/mol. The lowest BCUT2D eigenvalue weighted by Gasteiger charge is -2.54. The van der Waals surface area contributed by atoms with E-state index in [2.05, 4.69) is 255 Å². The molecule has 0 bridgehead atoms. The Morgan fingerprint density at radius 1 is 0.521 bits per heavy atom. The van der Waals surface area contributed by atoms with Crippen molar-refractivity contribution in [1.82, 2.24) is 0 Å². The molecule has 1 nitrogen and oxygen atoms in total. The Hall–Kier alpha value is -7.68. The Bertz CT molecular complexity index is 3380. The van der Waals surface area contributed by atoms with Gasteiger partial charge in [0.1, 0.15) is 0 Å². The van der Waals surface area contributed by atoms with Crippen molar-refractivity contribution in [3.63, 3.8) is 0 Å². The second-order valence-corrected chi connectivity index (χ2v) is 20.6. The van der Waals surface area contributed by atoms with Gasteiger partial charge >= 0.3 is 0 Å². The zero-order chi connectivity index (χ0) is 47.3. The molecule has 0 fully saturated rings. The van der Waals surface area contributed by atoms with Crippen LogP contribution in [0.25, 0.3) is 27.8 Å². The van der Waals surface area contributed by atoms with E-state index in [1.165, 1.54) is 89.3 Å². The number of hydrogen-bond donors (Lipinski definition) is 0. The van der Waals surface area contributed by atoms with Crippen LogP contribution in [0.5, 0.6) is 0 Å². The van der Waals surface area contributed by atoms with Crippen molar-refractivity contribution < 1.29 is 0 Å². The molecule has 0 N–H and O–H groups in total. The molecule has 3 atom stereocenters. The normalized spacial score (nSPS) is 20.3. The molecular formula is C69H58BN. The molecule has 7 aromatic carbocycles. The first kappa shape index (κ1) is 43.4. The molecule has 0 amide bonds. The van der Waals surface area contributed by atoms with Gasteiger partial charge in [0.2, 0.25) is 6.71 Å². The first-order valence-electron chi connectivity index (χ1n) is 26.1. The number of rotatable bonds is 9. The van der Waals surface area contributed by atoms with Crippen molar-refractivity contribution in [2.24, 2.45) is 5.92 Å². The van der Waals surface area contributed by atoms with E-state index in [0.717, 1.165) is 38.5 Å². The summed E-state index contributed by atoms with van der Waals surface area (Å²) in [5.74, 6) is 0.648. The van der Waals surface area contributed by atoms with Crippen LogP contribution in [0.4, 0.5) is 5.69 Å². The number of nitrogens with zero attached hydrogens (tertiary/aromatic N) is 1. The third kappa shape index (κ3) is 7.64. The molecule has 2 aliphatic heterocycles. The summed E-state index contributed by atoms with van der Waals surface area (Å²) >= 11 is 0. The molecule has 0 spiro atoms. The summed E-state index contributed by atoms with van der Waals surface area (Å²) in [6.07, 6.45) is 26.3. The maximum atomic E-state index is 2.75. The van der Waals surface area contributed by atoms with Crippen LogP contribution in [0.2, 0.25) is 5.82 Å². The van der Waals surface area contributed by atoms with Gasteiger partial charge in [-0.3, -0.25) is 0 Å². The lowest BCUT2D eigenvalue weighted by molar-refractivity contribution is 0.477. The van der Waals surface area contributed by atoms with Crippen molar-refractivity contribution in [3.8, 4) is 22.3 Å². The maximum Gasteiger partial charge on any atom is 0.217 e. The molecule has 0 saturated heterocycles. The van der Waals surface area contributed by atoms with E-state index in [-0.39, 0.29) is 24.4 Å². The van der Waals surface area contributed by atoms with Gasteiger partial charge in [0.25, 0.3) is 0 Å². The van der Waals surface area contributed by atoms with Gasteiger partial charge in [-0.25, -0.2) is 0 Å². The first-order chi connectivity index (χ1) is 35.1. The third-order valence-electron chi connectivity index (χ3n) is 16.8. The van der Waals surface area contributed by atoms with E-state index in [9.17, 15) is 0 Å². The smallest absolute Gasteiger partial charge is 0.217 e. The number of hydrogen-bond acceptors (Lipinski definition) is 1. The van der Waals surface area contributed by atoms with Gasteiger partial charge in [-0.2, -0.15) is 0 Å². The summed E-state index contributed by atoms with van der Waals surface area (Å²) in [6, 6.07) is 72.9. The summed E-state index contributed by atoms with van der Waals surface area (Å²) in [6.45, 7) is 2.72. The van der Waals surface area contributed by atoms with Gasteiger partial charge in [0.15, 0.2) is 0 Å². The molecule has 7 aromatic rings. The van der Waals surface area contributed by atoms with Crippen molar-refractivity contribution in [2.75, 3.05) is 4.90 Å². The lowest BCUT2D eigenvalue weighted by Crippen LogP contribution is -2.55. The van der Waals surface area contributed by atoms with Gasteiger partial charge in [-0.1, -0.05) is 241 Å². The average Bonchev–Trinajstić information content (AvgIpc) is 3.46. The fraction of sp³-hybridized carbons (Fsp3) is 0.159. The third-order valence-corrected chi connectivity index (χ3v) is 16.8. The van der Waals surface area contributed by atoms with Crippen molar-refractivity contribution in [1.29, 1.82) is 0 Å². The molecule has 3 unspecified atom stereocenters. The topological polar surface area (TPSA) is 3.24 Å². The number of fused-ring (bicyclic) bond motifs is 4. The summed E-state index contributed by atoms with van der Waals surface area (Å²) in [5, 5.41) is 0. The fourth-order valence-corrected chi connectivity index (χ4v) is 13.3. The van der Waals surface area contributed by atoms with Gasteiger partial charge in [-0.15, -0.1) is 0 Å². The highest BCUT2D eigenvalue weighted by Gasteiger charge is 2.54. The molecule has 6 aliphatic rings. The van der Waals surface area contributed by atoms with Crippen LogP contribution in [0.3, 0.4) is 0 Å². The van der Waals surface area contributed by atoms with Gasteiger partial charge in [0, 0.05) is 28.4 Å². The van der Waals surface area contributed by atoms with Crippen molar-refractivity contribution >= 4 is 23.4 Å². The highest BCUT2D eigenvalue weighted by Crippen LogP contribution is 2.59. The molecule has 2 heteroatoms. The fourth-order valence-electron chi connectivity index (χ4n) is 13.3. The molecule has 0 aromatic heterocycles. The minimum Gasteiger partial charge on any atom is -0.315 e. The van der Waals surface area contributed by atoms with E-state index in [1.54, 1.807) is 11.0 Å². The number of anilines is 1. The highest BCUT2D eigenvalue weighted by atomic mass is 15.2. The van der Waals surface area contributed by atoms with Crippen LogP contribution < -0.4 is 10.4 Å². The van der Waals surface area contributed by atoms with E-state index in [1.807, 2.05) is 0 Å². The molecule has 4 aliphatic carbocycles. The van der Waals surface area contributed by atoms with E-state index >= 15 is 0 Å². The monoisotopic (exact) mass is 911 g/mol. The molecule has 0 radical (unpaired) electrons. The first-order valence-corrected chi connectivity index (χ1v) is 26.1. The van der Waals surface area contributed by atoms with Gasteiger partial charge in [0.05, 0.1) is 0 Å². The van der Waals surface area contributed by atoms with Crippen molar-refractivity contribution in [2.45, 2.75) is 62.6 Å². The van der Waals surface area contributed by atoms with Gasteiger partial charge < -0.3 is 4.90 Å². The molecular weight excluding hydrogens is 854 g/mol. The zero-order valence-corrected chi connectivity index (χ0v) is 40.6. The molecule has 342 valence electrons. The lowest BCUT2D eigenvalue weighted by atomic mass is 9.24. The summed E-state index contributed by atoms with van der Waals surface area (Å²) in [7, 11) is 0. The summed E-state index contributed by atoms with van der Waals surface area (Å²) in [5.41, 5.74) is 24.3. The molecule has 0 saturated carbocycles. The Balaban J connectivity index is 1.12. The Labute approximate surface area is 421 Å². The SMILES string of the molecule is CC(C1=CC2=C3B(c4ccc(-c5ccccc5)cc4C(C4=CC(c5ccccc5)=CCC4)C3C1)C1CC=C(C3=CCCC=C3)C=C1N2c1cccc(-c2ccccc2)c1)(c1ccccc1)c1ccccc1. The van der Waals surface area contributed by atoms with Crippen LogP contribution in [0.1, 0.15) is 73.6 Å². The average molecular weight is 912 g/mol. The molecule has 2 heterocycles. The van der Waals surface area contributed by atoms with E-state index < -0.39 is 5.41 Å². The second kappa shape index (κ2) is 18.3. The number of allylic oxidation sites excluding steroid dienone is 15.